The molecular weight excluding hydrogens is 486 g/mol. The highest BCUT2D eigenvalue weighted by Gasteiger charge is 2.22. The van der Waals surface area contributed by atoms with Crippen LogP contribution < -0.4 is 0 Å². The standard InChI is InChI=1S/C30H36ClN3O3/c1-24(2)20-34(22-27-13-9-17-32(27)21-26-12-7-8-14-28(26)31)30(36)23-33(18-19-37-3)29(35)16-15-25-10-5-4-6-11-25/h4-17,24H,18-23H2,1-3H3. The predicted octanol–water partition coefficient (Wildman–Crippen LogP) is 5.36. The number of halogens is 1. The third-order valence-corrected chi connectivity index (χ3v) is 6.30. The second-order valence-corrected chi connectivity index (χ2v) is 9.79. The van der Waals surface area contributed by atoms with E-state index in [9.17, 15) is 9.59 Å². The van der Waals surface area contributed by atoms with Gasteiger partial charge in [-0.25, -0.2) is 0 Å². The summed E-state index contributed by atoms with van der Waals surface area (Å²) >= 11 is 6.38. The van der Waals surface area contributed by atoms with E-state index in [2.05, 4.69) is 18.4 Å². The molecule has 2 aromatic carbocycles. The van der Waals surface area contributed by atoms with Crippen molar-refractivity contribution in [1.82, 2.24) is 14.4 Å². The number of rotatable bonds is 13. The fourth-order valence-electron chi connectivity index (χ4n) is 4.02. The number of amides is 2. The largest absolute Gasteiger partial charge is 0.383 e. The molecule has 3 aromatic rings. The maximum Gasteiger partial charge on any atom is 0.247 e. The molecule has 0 saturated carbocycles. The first-order valence-corrected chi connectivity index (χ1v) is 12.9. The van der Waals surface area contributed by atoms with Crippen LogP contribution in [0, 0.1) is 5.92 Å². The summed E-state index contributed by atoms with van der Waals surface area (Å²) < 4.78 is 7.31. The van der Waals surface area contributed by atoms with E-state index >= 15 is 0 Å². The van der Waals surface area contributed by atoms with Gasteiger partial charge in [-0.15, -0.1) is 0 Å². The van der Waals surface area contributed by atoms with E-state index < -0.39 is 0 Å². The van der Waals surface area contributed by atoms with Gasteiger partial charge in [-0.1, -0.05) is 74.0 Å². The van der Waals surface area contributed by atoms with Crippen molar-refractivity contribution in [2.24, 2.45) is 5.92 Å². The second kappa shape index (κ2) is 14.4. The van der Waals surface area contributed by atoms with Crippen LogP contribution in [0.1, 0.15) is 30.7 Å². The van der Waals surface area contributed by atoms with Gasteiger partial charge in [0.1, 0.15) is 6.54 Å². The fraction of sp³-hybridized carbons (Fsp3) is 0.333. The van der Waals surface area contributed by atoms with Gasteiger partial charge < -0.3 is 19.1 Å². The molecule has 0 aliphatic heterocycles. The molecule has 7 heteroatoms. The number of ether oxygens (including phenoxy) is 1. The lowest BCUT2D eigenvalue weighted by atomic mass is 10.2. The predicted molar refractivity (Wildman–Crippen MR) is 149 cm³/mol. The molecule has 0 saturated heterocycles. The normalized spacial score (nSPS) is 11.3. The molecule has 0 aliphatic rings. The molecule has 3 rings (SSSR count). The van der Waals surface area contributed by atoms with E-state index in [1.165, 1.54) is 6.08 Å². The Kier molecular flexibility index (Phi) is 11.0. The zero-order valence-corrected chi connectivity index (χ0v) is 22.6. The third kappa shape index (κ3) is 8.92. The molecule has 0 radical (unpaired) electrons. The van der Waals surface area contributed by atoms with E-state index in [-0.39, 0.29) is 24.3 Å². The molecule has 0 N–H and O–H groups in total. The molecule has 196 valence electrons. The number of carbonyl (C=O) groups excluding carboxylic acids is 2. The van der Waals surface area contributed by atoms with Crippen LogP contribution in [0.15, 0.2) is 79.0 Å². The van der Waals surface area contributed by atoms with Gasteiger partial charge >= 0.3 is 0 Å². The zero-order chi connectivity index (χ0) is 26.6. The van der Waals surface area contributed by atoms with E-state index in [0.717, 1.165) is 16.8 Å². The number of methoxy groups -OCH3 is 1. The lowest BCUT2D eigenvalue weighted by Gasteiger charge is -2.29. The van der Waals surface area contributed by atoms with Gasteiger partial charge in [-0.2, -0.15) is 0 Å². The van der Waals surface area contributed by atoms with Crippen molar-refractivity contribution < 1.29 is 14.3 Å². The van der Waals surface area contributed by atoms with Gasteiger partial charge in [0.25, 0.3) is 0 Å². The maximum atomic E-state index is 13.5. The first kappa shape index (κ1) is 28.2. The Bertz CT molecular complexity index is 1170. The lowest BCUT2D eigenvalue weighted by Crippen LogP contribution is -2.44. The Morgan fingerprint density at radius 1 is 1.00 bits per heavy atom. The number of benzene rings is 2. The van der Waals surface area contributed by atoms with Gasteiger partial charge in [0, 0.05) is 49.7 Å². The summed E-state index contributed by atoms with van der Waals surface area (Å²) in [5.41, 5.74) is 2.95. The molecule has 6 nitrogen and oxygen atoms in total. The average Bonchev–Trinajstić information content (AvgIpc) is 3.32. The monoisotopic (exact) mass is 521 g/mol. The minimum absolute atomic E-state index is 0.0146. The van der Waals surface area contributed by atoms with Gasteiger partial charge in [-0.05, 0) is 41.3 Å². The van der Waals surface area contributed by atoms with Crippen molar-refractivity contribution in [3.8, 4) is 0 Å². The van der Waals surface area contributed by atoms with Crippen LogP contribution in [0.3, 0.4) is 0 Å². The van der Waals surface area contributed by atoms with Gasteiger partial charge in [0.15, 0.2) is 0 Å². The maximum absolute atomic E-state index is 13.5. The number of hydrogen-bond acceptors (Lipinski definition) is 3. The Hall–Kier alpha value is -3.35. The molecular formula is C30H36ClN3O3. The van der Waals surface area contributed by atoms with E-state index in [1.54, 1.807) is 18.1 Å². The summed E-state index contributed by atoms with van der Waals surface area (Å²) in [6, 6.07) is 21.4. The minimum Gasteiger partial charge on any atom is -0.383 e. The second-order valence-electron chi connectivity index (χ2n) is 9.38. The molecule has 0 unspecified atom stereocenters. The van der Waals surface area contributed by atoms with Gasteiger partial charge in [0.2, 0.25) is 11.8 Å². The number of carbonyl (C=O) groups is 2. The van der Waals surface area contributed by atoms with Crippen LogP contribution in [-0.4, -0.2) is 59.5 Å². The van der Waals surface area contributed by atoms with Gasteiger partial charge in [0.05, 0.1) is 13.2 Å². The average molecular weight is 522 g/mol. The topological polar surface area (TPSA) is 54.8 Å². The molecule has 1 heterocycles. The highest BCUT2D eigenvalue weighted by molar-refractivity contribution is 6.31. The first-order valence-electron chi connectivity index (χ1n) is 12.5. The lowest BCUT2D eigenvalue weighted by molar-refractivity contribution is -0.139. The van der Waals surface area contributed by atoms with Crippen LogP contribution in [0.25, 0.3) is 6.08 Å². The van der Waals surface area contributed by atoms with Crippen LogP contribution in [0.5, 0.6) is 0 Å². The third-order valence-electron chi connectivity index (χ3n) is 5.93. The molecule has 0 spiro atoms. The van der Waals surface area contributed by atoms with Crippen molar-refractivity contribution in [2.75, 3.05) is 33.4 Å². The van der Waals surface area contributed by atoms with Crippen LogP contribution in [0.4, 0.5) is 0 Å². The summed E-state index contributed by atoms with van der Waals surface area (Å²) in [7, 11) is 1.59. The van der Waals surface area contributed by atoms with Crippen molar-refractivity contribution in [2.45, 2.75) is 26.9 Å². The smallest absolute Gasteiger partial charge is 0.247 e. The number of nitrogens with zero attached hydrogens (tertiary/aromatic N) is 3. The number of hydrogen-bond donors (Lipinski definition) is 0. The van der Waals surface area contributed by atoms with Crippen molar-refractivity contribution in [1.29, 1.82) is 0 Å². The van der Waals surface area contributed by atoms with Crippen molar-refractivity contribution in [3.63, 3.8) is 0 Å². The van der Waals surface area contributed by atoms with E-state index in [0.29, 0.717) is 37.8 Å². The quantitative estimate of drug-likeness (QED) is 0.284. The Morgan fingerprint density at radius 2 is 1.73 bits per heavy atom. The Labute approximate surface area is 225 Å². The summed E-state index contributed by atoms with van der Waals surface area (Å²) in [4.78, 5) is 29.9. The highest BCUT2D eigenvalue weighted by atomic mass is 35.5. The van der Waals surface area contributed by atoms with E-state index in [1.807, 2.05) is 77.8 Å². The first-order chi connectivity index (χ1) is 17.9. The van der Waals surface area contributed by atoms with Crippen LogP contribution in [0.2, 0.25) is 5.02 Å². The Morgan fingerprint density at radius 3 is 2.43 bits per heavy atom. The number of aromatic nitrogens is 1. The molecule has 2 amide bonds. The highest BCUT2D eigenvalue weighted by Crippen LogP contribution is 2.18. The van der Waals surface area contributed by atoms with E-state index in [4.69, 9.17) is 16.3 Å². The van der Waals surface area contributed by atoms with Gasteiger partial charge in [-0.3, -0.25) is 9.59 Å². The molecule has 0 aliphatic carbocycles. The molecule has 0 bridgehead atoms. The fourth-order valence-corrected chi connectivity index (χ4v) is 4.21. The van der Waals surface area contributed by atoms with Crippen molar-refractivity contribution >= 4 is 29.5 Å². The SMILES string of the molecule is COCCN(CC(=O)N(Cc1cccn1Cc1ccccc1Cl)CC(C)C)C(=O)C=Cc1ccccc1. The summed E-state index contributed by atoms with van der Waals surface area (Å²) in [5.74, 6) is -0.0466. The molecule has 37 heavy (non-hydrogen) atoms. The van der Waals surface area contributed by atoms with Crippen molar-refractivity contribution in [3.05, 3.63) is 101 Å². The van der Waals surface area contributed by atoms with Crippen LogP contribution >= 0.6 is 11.6 Å². The minimum atomic E-state index is -0.221. The molecule has 1 aromatic heterocycles. The zero-order valence-electron chi connectivity index (χ0n) is 21.8. The molecule has 0 fully saturated rings. The summed E-state index contributed by atoms with van der Waals surface area (Å²) in [5, 5.41) is 0.716. The summed E-state index contributed by atoms with van der Waals surface area (Å²) in [6.07, 6.45) is 5.28. The summed E-state index contributed by atoms with van der Waals surface area (Å²) in [6.45, 7) is 6.48. The molecule has 0 atom stereocenters. The van der Waals surface area contributed by atoms with Crippen LogP contribution in [-0.2, 0) is 27.4 Å². The Balaban J connectivity index is 1.74.